The molecule has 0 aliphatic rings. The molecular weight excluding hydrogens is 314 g/mol. The van der Waals surface area contributed by atoms with Crippen LogP contribution < -0.4 is 25.4 Å². The van der Waals surface area contributed by atoms with Gasteiger partial charge in [0.15, 0.2) is 0 Å². The fraction of sp³-hybridized carbons (Fsp3) is 0.400. The first-order valence-corrected chi connectivity index (χ1v) is 8.59. The van der Waals surface area contributed by atoms with Crippen LogP contribution in [0, 0.1) is 0 Å². The Bertz CT molecular complexity index is 640. The summed E-state index contributed by atoms with van der Waals surface area (Å²) in [6, 6.07) is 12.6. The second-order valence-corrected chi connectivity index (χ2v) is 6.55. The molecule has 0 aliphatic carbocycles. The van der Waals surface area contributed by atoms with Crippen LogP contribution in [0.25, 0.3) is 0 Å². The smallest absolute Gasteiger partial charge is 0.121 e. The van der Waals surface area contributed by atoms with Gasteiger partial charge in [-0.25, -0.2) is 0 Å². The molecule has 0 bridgehead atoms. The summed E-state index contributed by atoms with van der Waals surface area (Å²) in [5.74, 6) is 1.65. The summed E-state index contributed by atoms with van der Waals surface area (Å²) in [6.45, 7) is 8.45. The lowest BCUT2D eigenvalue weighted by molar-refractivity contribution is 0.415. The summed E-state index contributed by atoms with van der Waals surface area (Å²) in [5.41, 5.74) is 3.99. The molecule has 2 rings (SSSR count). The average Bonchev–Trinajstić information content (AvgIpc) is 2.56. The second kappa shape index (κ2) is 8.51. The van der Waals surface area contributed by atoms with Crippen LogP contribution >= 0.6 is 0 Å². The van der Waals surface area contributed by atoms with Crippen molar-refractivity contribution in [1.82, 2.24) is 0 Å². The zero-order valence-corrected chi connectivity index (χ0v) is 15.9. The minimum absolute atomic E-state index is 0.316. The zero-order chi connectivity index (χ0) is 18.4. The fourth-order valence-corrected chi connectivity index (χ4v) is 2.52. The van der Waals surface area contributed by atoms with Crippen LogP contribution in [0.5, 0.6) is 11.5 Å². The zero-order valence-electron chi connectivity index (χ0n) is 15.9. The highest BCUT2D eigenvalue weighted by molar-refractivity contribution is 5.82. The Morgan fingerprint density at radius 3 is 1.36 bits per heavy atom. The largest absolute Gasteiger partial charge is 0.497 e. The van der Waals surface area contributed by atoms with Crippen LogP contribution in [0.1, 0.15) is 27.7 Å². The van der Waals surface area contributed by atoms with Crippen molar-refractivity contribution in [2.75, 3.05) is 30.2 Å². The predicted octanol–water partition coefficient (Wildman–Crippen LogP) is 5.09. The number of methoxy groups -OCH3 is 2. The molecule has 5 heteroatoms. The minimum atomic E-state index is 0.316. The maximum Gasteiger partial charge on any atom is 0.121 e. The standard InChI is InChI=1S/C20H29N3O2/c1-13(2)21-19-11-15(24-5)7-9-17(19)23-18-10-8-16(25-6)12-20(18)22-14(3)4/h7-14,21-23H,1-6H3. The third-order valence-corrected chi connectivity index (χ3v) is 3.61. The molecule has 0 radical (unpaired) electrons. The van der Waals surface area contributed by atoms with E-state index in [0.717, 1.165) is 34.2 Å². The van der Waals surface area contributed by atoms with Gasteiger partial charge in [-0.2, -0.15) is 0 Å². The maximum atomic E-state index is 5.35. The Morgan fingerprint density at radius 1 is 0.640 bits per heavy atom. The van der Waals surface area contributed by atoms with E-state index >= 15 is 0 Å². The number of nitrogens with one attached hydrogen (secondary N) is 3. The summed E-state index contributed by atoms with van der Waals surface area (Å²) in [5, 5.41) is 10.4. The van der Waals surface area contributed by atoms with E-state index in [2.05, 4.69) is 43.6 Å². The van der Waals surface area contributed by atoms with E-state index in [-0.39, 0.29) is 0 Å². The van der Waals surface area contributed by atoms with Gasteiger partial charge < -0.3 is 25.4 Å². The minimum Gasteiger partial charge on any atom is -0.497 e. The summed E-state index contributed by atoms with van der Waals surface area (Å²) in [4.78, 5) is 0. The first-order chi connectivity index (χ1) is 11.9. The molecule has 25 heavy (non-hydrogen) atoms. The molecule has 0 spiro atoms. The van der Waals surface area contributed by atoms with E-state index in [1.54, 1.807) is 14.2 Å². The molecule has 0 aromatic heterocycles. The SMILES string of the molecule is COc1ccc(Nc2ccc(OC)cc2NC(C)C)c(NC(C)C)c1. The molecule has 3 N–H and O–H groups in total. The van der Waals surface area contributed by atoms with Crippen molar-refractivity contribution in [3.63, 3.8) is 0 Å². The Hall–Kier alpha value is -2.56. The van der Waals surface area contributed by atoms with Crippen molar-refractivity contribution in [3.8, 4) is 11.5 Å². The van der Waals surface area contributed by atoms with E-state index in [1.165, 1.54) is 0 Å². The third kappa shape index (κ3) is 5.21. The van der Waals surface area contributed by atoms with Gasteiger partial charge in [0.2, 0.25) is 0 Å². The summed E-state index contributed by atoms with van der Waals surface area (Å²) in [6.07, 6.45) is 0. The van der Waals surface area contributed by atoms with Gasteiger partial charge in [-0.05, 0) is 52.0 Å². The molecule has 0 fully saturated rings. The molecule has 0 saturated carbocycles. The molecule has 0 aliphatic heterocycles. The van der Waals surface area contributed by atoms with Crippen LogP contribution in [0.2, 0.25) is 0 Å². The first-order valence-electron chi connectivity index (χ1n) is 8.59. The van der Waals surface area contributed by atoms with Crippen molar-refractivity contribution in [1.29, 1.82) is 0 Å². The molecule has 0 atom stereocenters. The van der Waals surface area contributed by atoms with E-state index in [0.29, 0.717) is 12.1 Å². The predicted molar refractivity (Wildman–Crippen MR) is 107 cm³/mol. The second-order valence-electron chi connectivity index (χ2n) is 6.55. The summed E-state index contributed by atoms with van der Waals surface area (Å²) in [7, 11) is 3.35. The number of hydrogen-bond donors (Lipinski definition) is 3. The molecule has 0 heterocycles. The van der Waals surface area contributed by atoms with Gasteiger partial charge in [0.25, 0.3) is 0 Å². The van der Waals surface area contributed by atoms with Crippen molar-refractivity contribution in [2.45, 2.75) is 39.8 Å². The summed E-state index contributed by atoms with van der Waals surface area (Å²) < 4.78 is 10.7. The van der Waals surface area contributed by atoms with Crippen LogP contribution in [0.15, 0.2) is 36.4 Å². The first kappa shape index (κ1) is 18.8. The molecule has 0 amide bonds. The molecule has 0 unspecified atom stereocenters. The lowest BCUT2D eigenvalue weighted by atomic mass is 10.2. The third-order valence-electron chi connectivity index (χ3n) is 3.61. The number of ether oxygens (including phenoxy) is 2. The van der Waals surface area contributed by atoms with Crippen LogP contribution in [-0.2, 0) is 0 Å². The van der Waals surface area contributed by atoms with Gasteiger partial charge in [0, 0.05) is 24.2 Å². The van der Waals surface area contributed by atoms with Gasteiger partial charge in [-0.1, -0.05) is 0 Å². The lowest BCUT2D eigenvalue weighted by Gasteiger charge is -2.20. The van der Waals surface area contributed by atoms with Gasteiger partial charge in [0.1, 0.15) is 11.5 Å². The van der Waals surface area contributed by atoms with E-state index in [9.17, 15) is 0 Å². The molecular formula is C20H29N3O2. The molecule has 0 saturated heterocycles. The Morgan fingerprint density at radius 2 is 1.04 bits per heavy atom. The number of anilines is 4. The van der Waals surface area contributed by atoms with E-state index < -0.39 is 0 Å². The molecule has 5 nitrogen and oxygen atoms in total. The summed E-state index contributed by atoms with van der Waals surface area (Å²) >= 11 is 0. The van der Waals surface area contributed by atoms with E-state index in [1.807, 2.05) is 36.4 Å². The van der Waals surface area contributed by atoms with Crippen molar-refractivity contribution < 1.29 is 9.47 Å². The number of hydrogen-bond acceptors (Lipinski definition) is 5. The quantitative estimate of drug-likeness (QED) is 0.623. The average molecular weight is 343 g/mol. The highest BCUT2D eigenvalue weighted by Crippen LogP contribution is 2.34. The van der Waals surface area contributed by atoms with Crippen LogP contribution in [-0.4, -0.2) is 26.3 Å². The highest BCUT2D eigenvalue weighted by Gasteiger charge is 2.10. The Labute approximate surface area is 150 Å². The van der Waals surface area contributed by atoms with Gasteiger partial charge in [0.05, 0.1) is 37.0 Å². The monoisotopic (exact) mass is 343 g/mol. The van der Waals surface area contributed by atoms with E-state index in [4.69, 9.17) is 9.47 Å². The highest BCUT2D eigenvalue weighted by atomic mass is 16.5. The van der Waals surface area contributed by atoms with Gasteiger partial charge >= 0.3 is 0 Å². The molecule has 2 aromatic rings. The molecule has 136 valence electrons. The van der Waals surface area contributed by atoms with Crippen LogP contribution in [0.4, 0.5) is 22.7 Å². The maximum absolute atomic E-state index is 5.35. The Kier molecular flexibility index (Phi) is 6.39. The van der Waals surface area contributed by atoms with Gasteiger partial charge in [-0.3, -0.25) is 0 Å². The van der Waals surface area contributed by atoms with Crippen molar-refractivity contribution in [2.24, 2.45) is 0 Å². The lowest BCUT2D eigenvalue weighted by Crippen LogP contribution is -2.13. The number of rotatable bonds is 8. The van der Waals surface area contributed by atoms with Crippen molar-refractivity contribution in [3.05, 3.63) is 36.4 Å². The molecule has 2 aromatic carbocycles. The Balaban J connectivity index is 2.38. The fourth-order valence-electron chi connectivity index (χ4n) is 2.52. The normalized spacial score (nSPS) is 10.7. The topological polar surface area (TPSA) is 54.5 Å². The van der Waals surface area contributed by atoms with Gasteiger partial charge in [-0.15, -0.1) is 0 Å². The van der Waals surface area contributed by atoms with Crippen molar-refractivity contribution >= 4 is 22.7 Å². The van der Waals surface area contributed by atoms with Crippen LogP contribution in [0.3, 0.4) is 0 Å². The number of benzene rings is 2.